The molecule has 2 aliphatic rings. The Morgan fingerprint density at radius 3 is 2.53 bits per heavy atom. The first-order chi connectivity index (χ1) is 7.12. The average molecular weight is 233 g/mol. The lowest BCUT2D eigenvalue weighted by Gasteiger charge is -2.27. The van der Waals surface area contributed by atoms with Crippen LogP contribution in [0.1, 0.15) is 19.3 Å². The Labute approximate surface area is 91.6 Å². The maximum Gasteiger partial charge on any atom is 0.282 e. The first-order valence-electron chi connectivity index (χ1n) is 5.56. The summed E-state index contributed by atoms with van der Waals surface area (Å²) in [7, 11) is -1.50. The van der Waals surface area contributed by atoms with Crippen molar-refractivity contribution in [3.8, 4) is 0 Å². The van der Waals surface area contributed by atoms with Crippen molar-refractivity contribution in [3.63, 3.8) is 0 Å². The summed E-state index contributed by atoms with van der Waals surface area (Å²) in [6, 6.07) is 0.135. The van der Waals surface area contributed by atoms with E-state index < -0.39 is 10.2 Å². The quantitative estimate of drug-likeness (QED) is 0.723. The number of hydrogen-bond acceptors (Lipinski definition) is 3. The van der Waals surface area contributed by atoms with E-state index in [0.717, 1.165) is 32.4 Å². The van der Waals surface area contributed by atoms with Crippen LogP contribution in [0, 0.1) is 0 Å². The SMILES string of the molecule is CN(C1CCNC1)S(=O)(=O)N1CCCC1. The van der Waals surface area contributed by atoms with Gasteiger partial charge in [0.1, 0.15) is 0 Å². The molecule has 2 fully saturated rings. The predicted octanol–water partition coefficient (Wildman–Crippen LogP) is -0.379. The zero-order valence-electron chi connectivity index (χ0n) is 9.15. The second kappa shape index (κ2) is 4.37. The van der Waals surface area contributed by atoms with E-state index in [1.807, 2.05) is 0 Å². The minimum atomic E-state index is -3.20. The van der Waals surface area contributed by atoms with Gasteiger partial charge >= 0.3 is 0 Å². The van der Waals surface area contributed by atoms with E-state index in [1.165, 1.54) is 0 Å². The van der Waals surface area contributed by atoms with Gasteiger partial charge in [0.2, 0.25) is 0 Å². The highest BCUT2D eigenvalue weighted by Crippen LogP contribution is 2.19. The first-order valence-corrected chi connectivity index (χ1v) is 6.96. The number of nitrogens with zero attached hydrogens (tertiary/aromatic N) is 2. The molecule has 0 aliphatic carbocycles. The van der Waals surface area contributed by atoms with E-state index in [0.29, 0.717) is 13.1 Å². The Morgan fingerprint density at radius 1 is 1.33 bits per heavy atom. The highest BCUT2D eigenvalue weighted by atomic mass is 32.2. The van der Waals surface area contributed by atoms with Crippen LogP contribution >= 0.6 is 0 Å². The van der Waals surface area contributed by atoms with Crippen molar-refractivity contribution < 1.29 is 8.42 Å². The molecule has 1 atom stereocenters. The molecule has 5 nitrogen and oxygen atoms in total. The van der Waals surface area contributed by atoms with Crippen LogP contribution < -0.4 is 5.32 Å². The summed E-state index contributed by atoms with van der Waals surface area (Å²) >= 11 is 0. The smallest absolute Gasteiger partial charge is 0.282 e. The van der Waals surface area contributed by atoms with Crippen LogP contribution in [-0.4, -0.2) is 56.3 Å². The fourth-order valence-corrected chi connectivity index (χ4v) is 3.88. The third-order valence-electron chi connectivity index (χ3n) is 3.30. The van der Waals surface area contributed by atoms with Crippen LogP contribution in [0.2, 0.25) is 0 Å². The second-order valence-electron chi connectivity index (χ2n) is 4.28. The molecule has 2 aliphatic heterocycles. The van der Waals surface area contributed by atoms with Gasteiger partial charge in [0, 0.05) is 32.7 Å². The molecule has 0 aromatic heterocycles. The van der Waals surface area contributed by atoms with E-state index in [1.54, 1.807) is 15.7 Å². The fraction of sp³-hybridized carbons (Fsp3) is 1.00. The molecule has 0 aromatic rings. The molecule has 15 heavy (non-hydrogen) atoms. The van der Waals surface area contributed by atoms with E-state index in [2.05, 4.69) is 5.32 Å². The van der Waals surface area contributed by atoms with Crippen molar-refractivity contribution in [2.24, 2.45) is 0 Å². The monoisotopic (exact) mass is 233 g/mol. The molecule has 2 saturated heterocycles. The lowest BCUT2D eigenvalue weighted by atomic mass is 10.3. The number of hydrogen-bond donors (Lipinski definition) is 1. The molecule has 2 rings (SSSR count). The van der Waals surface area contributed by atoms with Crippen molar-refractivity contribution >= 4 is 10.2 Å². The molecule has 0 radical (unpaired) electrons. The topological polar surface area (TPSA) is 52.7 Å². The molecule has 88 valence electrons. The molecule has 0 saturated carbocycles. The predicted molar refractivity (Wildman–Crippen MR) is 58.8 cm³/mol. The maximum atomic E-state index is 12.1. The molecule has 0 amide bonds. The van der Waals surface area contributed by atoms with E-state index in [9.17, 15) is 8.42 Å². The van der Waals surface area contributed by atoms with Gasteiger partial charge in [0.05, 0.1) is 0 Å². The summed E-state index contributed by atoms with van der Waals surface area (Å²) in [6.07, 6.45) is 2.91. The molecule has 1 unspecified atom stereocenters. The third-order valence-corrected chi connectivity index (χ3v) is 5.35. The van der Waals surface area contributed by atoms with Crippen molar-refractivity contribution in [2.75, 3.05) is 33.2 Å². The Kier molecular flexibility index (Phi) is 3.30. The van der Waals surface area contributed by atoms with Crippen molar-refractivity contribution in [2.45, 2.75) is 25.3 Å². The summed E-state index contributed by atoms with van der Waals surface area (Å²) in [5.74, 6) is 0. The highest BCUT2D eigenvalue weighted by molar-refractivity contribution is 7.86. The summed E-state index contributed by atoms with van der Waals surface area (Å²) in [5.41, 5.74) is 0. The van der Waals surface area contributed by atoms with Gasteiger partial charge in [0.15, 0.2) is 0 Å². The van der Waals surface area contributed by atoms with Crippen LogP contribution in [0.15, 0.2) is 0 Å². The van der Waals surface area contributed by atoms with Crippen LogP contribution in [-0.2, 0) is 10.2 Å². The fourth-order valence-electron chi connectivity index (χ4n) is 2.24. The molecule has 0 spiro atoms. The standard InChI is InChI=1S/C9H19N3O2S/c1-11(9-4-5-10-8-9)15(13,14)12-6-2-3-7-12/h9-10H,2-8H2,1H3. The van der Waals surface area contributed by atoms with E-state index >= 15 is 0 Å². The summed E-state index contributed by atoms with van der Waals surface area (Å²) in [6.45, 7) is 3.08. The first kappa shape index (κ1) is 11.3. The highest BCUT2D eigenvalue weighted by Gasteiger charge is 2.34. The van der Waals surface area contributed by atoms with Gasteiger partial charge in [-0.15, -0.1) is 0 Å². The van der Waals surface area contributed by atoms with E-state index in [-0.39, 0.29) is 6.04 Å². The second-order valence-corrected chi connectivity index (χ2v) is 6.26. The van der Waals surface area contributed by atoms with Crippen LogP contribution in [0.5, 0.6) is 0 Å². The maximum absolute atomic E-state index is 12.1. The summed E-state index contributed by atoms with van der Waals surface area (Å²) < 4.78 is 27.4. The third kappa shape index (κ3) is 2.18. The van der Waals surface area contributed by atoms with Crippen molar-refractivity contribution in [1.29, 1.82) is 0 Å². The van der Waals surface area contributed by atoms with Crippen LogP contribution in [0.25, 0.3) is 0 Å². The zero-order valence-corrected chi connectivity index (χ0v) is 9.96. The van der Waals surface area contributed by atoms with Gasteiger partial charge in [-0.3, -0.25) is 0 Å². The molecular weight excluding hydrogens is 214 g/mol. The van der Waals surface area contributed by atoms with Gasteiger partial charge < -0.3 is 5.32 Å². The Hall–Kier alpha value is -0.170. The van der Waals surface area contributed by atoms with Gasteiger partial charge in [-0.1, -0.05) is 0 Å². The van der Waals surface area contributed by atoms with Crippen LogP contribution in [0.4, 0.5) is 0 Å². The van der Waals surface area contributed by atoms with Gasteiger partial charge in [-0.25, -0.2) is 0 Å². The minimum Gasteiger partial charge on any atom is -0.315 e. The van der Waals surface area contributed by atoms with Crippen molar-refractivity contribution in [1.82, 2.24) is 13.9 Å². The zero-order chi connectivity index (χ0) is 10.9. The Bertz CT molecular complexity index is 305. The molecular formula is C9H19N3O2S. The minimum absolute atomic E-state index is 0.135. The van der Waals surface area contributed by atoms with Gasteiger partial charge in [-0.05, 0) is 25.8 Å². The molecule has 0 bridgehead atoms. The number of nitrogens with one attached hydrogen (secondary N) is 1. The summed E-state index contributed by atoms with van der Waals surface area (Å²) in [4.78, 5) is 0. The Morgan fingerprint density at radius 2 is 2.00 bits per heavy atom. The Balaban J connectivity index is 2.06. The largest absolute Gasteiger partial charge is 0.315 e. The van der Waals surface area contributed by atoms with Crippen molar-refractivity contribution in [3.05, 3.63) is 0 Å². The normalized spacial score (nSPS) is 29.1. The molecule has 0 aromatic carbocycles. The van der Waals surface area contributed by atoms with Gasteiger partial charge in [-0.2, -0.15) is 17.0 Å². The average Bonchev–Trinajstić information content (AvgIpc) is 2.89. The van der Waals surface area contributed by atoms with Crippen LogP contribution in [0.3, 0.4) is 0 Å². The van der Waals surface area contributed by atoms with E-state index in [4.69, 9.17) is 0 Å². The number of rotatable bonds is 3. The number of likely N-dealkylation sites (N-methyl/N-ethyl adjacent to an activating group) is 1. The van der Waals surface area contributed by atoms with Gasteiger partial charge in [0.25, 0.3) is 10.2 Å². The molecule has 1 N–H and O–H groups in total. The molecule has 6 heteroatoms. The molecule has 2 heterocycles. The summed E-state index contributed by atoms with van der Waals surface area (Å²) in [5, 5.41) is 3.19. The lowest BCUT2D eigenvalue weighted by Crippen LogP contribution is -2.46. The lowest BCUT2D eigenvalue weighted by molar-refractivity contribution is 0.344.